The van der Waals surface area contributed by atoms with Crippen LogP contribution in [0, 0.1) is 11.7 Å². The molecule has 0 saturated carbocycles. The number of carboxylic acid groups (broad SMARTS) is 1. The van der Waals surface area contributed by atoms with Gasteiger partial charge < -0.3 is 9.52 Å². The van der Waals surface area contributed by atoms with Crippen LogP contribution in [-0.4, -0.2) is 34.0 Å². The van der Waals surface area contributed by atoms with Crippen molar-refractivity contribution >= 4 is 18.4 Å². The Kier molecular flexibility index (Phi) is 5.74. The fraction of sp³-hybridized carbons (Fsp3) is 0.375. The highest BCUT2D eigenvalue weighted by atomic mass is 35.5. The van der Waals surface area contributed by atoms with E-state index >= 15 is 0 Å². The molecule has 1 aromatic carbocycles. The second kappa shape index (κ2) is 7.57. The van der Waals surface area contributed by atoms with E-state index in [4.69, 9.17) is 9.52 Å². The van der Waals surface area contributed by atoms with Crippen molar-refractivity contribution in [3.05, 3.63) is 42.0 Å². The molecule has 2 heterocycles. The fourth-order valence-corrected chi connectivity index (χ4v) is 2.73. The Morgan fingerprint density at radius 3 is 2.83 bits per heavy atom. The lowest BCUT2D eigenvalue weighted by Gasteiger charge is -2.29. The molecular weight excluding hydrogens is 323 g/mol. The van der Waals surface area contributed by atoms with Crippen LogP contribution in [0.15, 0.2) is 34.9 Å². The minimum absolute atomic E-state index is 0. The van der Waals surface area contributed by atoms with Crippen LogP contribution in [0.4, 0.5) is 4.39 Å². The van der Waals surface area contributed by atoms with Gasteiger partial charge in [0.05, 0.1) is 11.6 Å². The zero-order valence-electron chi connectivity index (χ0n) is 12.4. The van der Waals surface area contributed by atoms with Crippen molar-refractivity contribution in [2.45, 2.75) is 19.4 Å². The maximum atomic E-state index is 12.9. The molecule has 1 N–H and O–H groups in total. The van der Waals surface area contributed by atoms with Crippen molar-refractivity contribution in [1.29, 1.82) is 0 Å². The number of carbonyl (C=O) groups is 1. The van der Waals surface area contributed by atoms with Crippen molar-refractivity contribution in [1.82, 2.24) is 9.88 Å². The molecular formula is C16H18ClFN2O3. The van der Waals surface area contributed by atoms with Crippen LogP contribution in [0.1, 0.15) is 18.5 Å². The average molecular weight is 341 g/mol. The smallest absolute Gasteiger partial charge is 0.307 e. The number of hydrogen-bond donors (Lipinski definition) is 1. The quantitative estimate of drug-likeness (QED) is 0.925. The van der Waals surface area contributed by atoms with Gasteiger partial charge in [-0.2, -0.15) is 0 Å². The van der Waals surface area contributed by atoms with E-state index in [2.05, 4.69) is 9.88 Å². The predicted molar refractivity (Wildman–Crippen MR) is 84.8 cm³/mol. The summed E-state index contributed by atoms with van der Waals surface area (Å²) in [6, 6.07) is 5.96. The Hall–Kier alpha value is -1.92. The zero-order valence-corrected chi connectivity index (χ0v) is 13.3. The lowest BCUT2D eigenvalue weighted by molar-refractivity contribution is -0.143. The van der Waals surface area contributed by atoms with E-state index in [-0.39, 0.29) is 24.1 Å². The third-order valence-corrected chi connectivity index (χ3v) is 3.88. The molecule has 1 aliphatic rings. The lowest BCUT2D eigenvalue weighted by Crippen LogP contribution is -2.38. The van der Waals surface area contributed by atoms with Crippen LogP contribution in [0.3, 0.4) is 0 Å². The van der Waals surface area contributed by atoms with Crippen molar-refractivity contribution in [2.75, 3.05) is 13.1 Å². The molecule has 0 spiro atoms. The fourth-order valence-electron chi connectivity index (χ4n) is 2.73. The van der Waals surface area contributed by atoms with Gasteiger partial charge in [0.25, 0.3) is 0 Å². The number of aromatic nitrogens is 1. The Bertz CT molecular complexity index is 660. The van der Waals surface area contributed by atoms with Crippen LogP contribution in [0.25, 0.3) is 11.5 Å². The first-order valence-electron chi connectivity index (χ1n) is 7.27. The summed E-state index contributed by atoms with van der Waals surface area (Å²) in [5, 5.41) is 9.11. The predicted octanol–water partition coefficient (Wildman–Crippen LogP) is 3.20. The molecule has 0 bridgehead atoms. The molecule has 3 rings (SSSR count). The van der Waals surface area contributed by atoms with Crippen molar-refractivity contribution in [3.8, 4) is 11.5 Å². The highest BCUT2D eigenvalue weighted by molar-refractivity contribution is 5.85. The summed E-state index contributed by atoms with van der Waals surface area (Å²) in [5.41, 5.74) is 1.47. The van der Waals surface area contributed by atoms with E-state index in [9.17, 15) is 9.18 Å². The first-order chi connectivity index (χ1) is 10.6. The number of carboxylic acids is 1. The van der Waals surface area contributed by atoms with Gasteiger partial charge in [-0.1, -0.05) is 0 Å². The van der Waals surface area contributed by atoms with Crippen molar-refractivity contribution < 1.29 is 18.7 Å². The molecule has 1 fully saturated rings. The second-order valence-corrected chi connectivity index (χ2v) is 5.56. The first-order valence-corrected chi connectivity index (χ1v) is 7.27. The lowest BCUT2D eigenvalue weighted by atomic mass is 9.98. The highest BCUT2D eigenvalue weighted by Crippen LogP contribution is 2.22. The molecule has 1 atom stereocenters. The Morgan fingerprint density at radius 2 is 2.13 bits per heavy atom. The number of oxazole rings is 1. The minimum atomic E-state index is -0.739. The molecule has 1 aliphatic heterocycles. The number of benzene rings is 1. The number of likely N-dealkylation sites (tertiary alicyclic amines) is 1. The van der Waals surface area contributed by atoms with Gasteiger partial charge in [0.2, 0.25) is 5.89 Å². The topological polar surface area (TPSA) is 66.6 Å². The van der Waals surface area contributed by atoms with Gasteiger partial charge >= 0.3 is 5.97 Å². The highest BCUT2D eigenvalue weighted by Gasteiger charge is 2.25. The van der Waals surface area contributed by atoms with E-state index in [1.807, 2.05) is 0 Å². The SMILES string of the molecule is Cl.O=C(O)C1CCCN(Cc2coc(-c3ccc(F)cc3)n2)C1. The third-order valence-electron chi connectivity index (χ3n) is 3.88. The number of aliphatic carboxylic acids is 1. The Labute approximate surface area is 139 Å². The van der Waals surface area contributed by atoms with Gasteiger partial charge in [0, 0.05) is 18.7 Å². The molecule has 1 unspecified atom stereocenters. The van der Waals surface area contributed by atoms with Gasteiger partial charge in [-0.3, -0.25) is 9.69 Å². The van der Waals surface area contributed by atoms with Gasteiger partial charge in [-0.25, -0.2) is 9.37 Å². The maximum absolute atomic E-state index is 12.9. The van der Waals surface area contributed by atoms with Crippen LogP contribution in [0.5, 0.6) is 0 Å². The molecule has 0 aliphatic carbocycles. The average Bonchev–Trinajstić information content (AvgIpc) is 2.96. The molecule has 23 heavy (non-hydrogen) atoms. The Morgan fingerprint density at radius 1 is 1.39 bits per heavy atom. The Balaban J connectivity index is 0.00000192. The molecule has 0 amide bonds. The van der Waals surface area contributed by atoms with Crippen LogP contribution in [-0.2, 0) is 11.3 Å². The summed E-state index contributed by atoms with van der Waals surface area (Å²) in [5.74, 6) is -0.903. The van der Waals surface area contributed by atoms with Gasteiger partial charge in [-0.15, -0.1) is 12.4 Å². The van der Waals surface area contributed by atoms with Crippen molar-refractivity contribution in [3.63, 3.8) is 0 Å². The summed E-state index contributed by atoms with van der Waals surface area (Å²) >= 11 is 0. The van der Waals surface area contributed by atoms with E-state index < -0.39 is 5.97 Å². The van der Waals surface area contributed by atoms with Crippen molar-refractivity contribution in [2.24, 2.45) is 5.92 Å². The largest absolute Gasteiger partial charge is 0.481 e. The number of rotatable bonds is 4. The van der Waals surface area contributed by atoms with E-state index in [1.54, 1.807) is 18.4 Å². The molecule has 0 radical (unpaired) electrons. The van der Waals surface area contributed by atoms with Gasteiger partial charge in [0.15, 0.2) is 0 Å². The van der Waals surface area contributed by atoms with E-state index in [0.29, 0.717) is 19.0 Å². The third kappa shape index (κ3) is 4.30. The number of nitrogens with zero attached hydrogens (tertiary/aromatic N) is 2. The standard InChI is InChI=1S/C16H17FN2O3.ClH/c17-13-5-3-11(4-6-13)15-18-14(10-22-15)9-19-7-1-2-12(8-19)16(20)21;/h3-6,10,12H,1-2,7-9H2,(H,20,21);1H. The second-order valence-electron chi connectivity index (χ2n) is 5.56. The van der Waals surface area contributed by atoms with Gasteiger partial charge in [0.1, 0.15) is 12.1 Å². The van der Waals surface area contributed by atoms with Gasteiger partial charge in [-0.05, 0) is 43.7 Å². The maximum Gasteiger partial charge on any atom is 0.307 e. The summed E-state index contributed by atoms with van der Waals surface area (Å²) in [4.78, 5) is 17.6. The van der Waals surface area contributed by atoms with E-state index in [0.717, 1.165) is 30.6 Å². The van der Waals surface area contributed by atoms with Crippen LogP contribution in [0.2, 0.25) is 0 Å². The molecule has 1 saturated heterocycles. The molecule has 124 valence electrons. The number of piperidine rings is 1. The normalized spacial score (nSPS) is 18.4. The van der Waals surface area contributed by atoms with Crippen LogP contribution < -0.4 is 0 Å². The number of halogens is 2. The first kappa shape index (κ1) is 17.4. The zero-order chi connectivity index (χ0) is 15.5. The summed E-state index contributed by atoms with van der Waals surface area (Å²) in [6.07, 6.45) is 3.17. The summed E-state index contributed by atoms with van der Waals surface area (Å²) in [7, 11) is 0. The molecule has 1 aromatic heterocycles. The number of hydrogen-bond acceptors (Lipinski definition) is 4. The van der Waals surface area contributed by atoms with E-state index in [1.165, 1.54) is 12.1 Å². The summed E-state index contributed by atoms with van der Waals surface area (Å²) < 4.78 is 18.3. The van der Waals surface area contributed by atoms with Crippen LogP contribution >= 0.6 is 12.4 Å². The minimum Gasteiger partial charge on any atom is -0.481 e. The molecule has 7 heteroatoms. The molecule has 5 nitrogen and oxygen atoms in total. The molecule has 2 aromatic rings. The summed E-state index contributed by atoms with van der Waals surface area (Å²) in [6.45, 7) is 1.96. The monoisotopic (exact) mass is 340 g/mol.